The minimum absolute atomic E-state index is 0.187. The molecule has 7 heteroatoms. The SMILES string of the molecule is CCOc1ccc(OCCCC(=O)NCC(C)(O)C(=O)O)cc1. The van der Waals surface area contributed by atoms with Crippen LogP contribution in [0.15, 0.2) is 24.3 Å². The molecule has 1 aromatic rings. The molecule has 0 aliphatic heterocycles. The zero-order valence-corrected chi connectivity index (χ0v) is 13.4. The number of ether oxygens (including phenoxy) is 2. The molecule has 7 nitrogen and oxygen atoms in total. The molecule has 1 aromatic carbocycles. The van der Waals surface area contributed by atoms with Crippen molar-refractivity contribution >= 4 is 11.9 Å². The van der Waals surface area contributed by atoms with Gasteiger partial charge in [0.05, 0.1) is 19.8 Å². The molecule has 0 saturated heterocycles. The number of hydrogen-bond acceptors (Lipinski definition) is 5. The molecule has 1 amide bonds. The highest BCUT2D eigenvalue weighted by Crippen LogP contribution is 2.17. The number of carboxylic acids is 1. The zero-order chi connectivity index (χ0) is 17.3. The number of amides is 1. The molecule has 1 atom stereocenters. The van der Waals surface area contributed by atoms with Gasteiger partial charge in [-0.2, -0.15) is 0 Å². The van der Waals surface area contributed by atoms with Gasteiger partial charge in [0.15, 0.2) is 5.60 Å². The number of aliphatic hydroxyl groups is 1. The number of hydrogen-bond donors (Lipinski definition) is 3. The van der Waals surface area contributed by atoms with Crippen LogP contribution in [-0.4, -0.2) is 47.4 Å². The first-order valence-corrected chi connectivity index (χ1v) is 7.43. The van der Waals surface area contributed by atoms with Crippen LogP contribution in [0.3, 0.4) is 0 Å². The Kier molecular flexibility index (Phi) is 7.34. The quantitative estimate of drug-likeness (QED) is 0.558. The van der Waals surface area contributed by atoms with Crippen molar-refractivity contribution in [1.29, 1.82) is 0 Å². The van der Waals surface area contributed by atoms with E-state index in [9.17, 15) is 14.7 Å². The molecule has 0 spiro atoms. The molecule has 0 heterocycles. The van der Waals surface area contributed by atoms with Crippen LogP contribution in [-0.2, 0) is 9.59 Å². The van der Waals surface area contributed by atoms with Gasteiger partial charge in [-0.05, 0) is 44.5 Å². The Labute approximate surface area is 135 Å². The third-order valence-electron chi connectivity index (χ3n) is 3.04. The molecule has 0 radical (unpaired) electrons. The summed E-state index contributed by atoms with van der Waals surface area (Å²) < 4.78 is 10.8. The molecule has 128 valence electrons. The maximum Gasteiger partial charge on any atom is 0.337 e. The summed E-state index contributed by atoms with van der Waals surface area (Å²) in [5.41, 5.74) is -1.96. The van der Waals surface area contributed by atoms with Crippen molar-refractivity contribution in [2.75, 3.05) is 19.8 Å². The Hall–Kier alpha value is -2.28. The van der Waals surface area contributed by atoms with Crippen LogP contribution >= 0.6 is 0 Å². The molecule has 0 fully saturated rings. The number of benzene rings is 1. The van der Waals surface area contributed by atoms with E-state index in [4.69, 9.17) is 14.6 Å². The third-order valence-corrected chi connectivity index (χ3v) is 3.04. The molecular formula is C16H23NO6. The van der Waals surface area contributed by atoms with E-state index in [1.807, 2.05) is 6.92 Å². The van der Waals surface area contributed by atoms with Crippen LogP contribution in [0.25, 0.3) is 0 Å². The predicted octanol–water partition coefficient (Wildman–Crippen LogP) is 1.20. The average molecular weight is 325 g/mol. The number of rotatable bonds is 10. The van der Waals surface area contributed by atoms with Gasteiger partial charge in [-0.15, -0.1) is 0 Å². The summed E-state index contributed by atoms with van der Waals surface area (Å²) in [6.07, 6.45) is 0.668. The van der Waals surface area contributed by atoms with Crippen molar-refractivity contribution in [3.8, 4) is 11.5 Å². The number of carbonyl (C=O) groups excluding carboxylic acids is 1. The summed E-state index contributed by atoms with van der Waals surface area (Å²) >= 11 is 0. The molecule has 1 unspecified atom stereocenters. The standard InChI is InChI=1S/C16H23NO6/c1-3-22-12-6-8-13(9-7-12)23-10-4-5-14(18)17-11-16(2,21)15(19)20/h6-9,21H,3-5,10-11H2,1-2H3,(H,17,18)(H,19,20). The smallest absolute Gasteiger partial charge is 0.337 e. The first-order valence-electron chi connectivity index (χ1n) is 7.43. The van der Waals surface area contributed by atoms with Gasteiger partial charge in [0, 0.05) is 6.42 Å². The number of nitrogens with one attached hydrogen (secondary N) is 1. The average Bonchev–Trinajstić information content (AvgIpc) is 2.51. The van der Waals surface area contributed by atoms with Crippen molar-refractivity contribution < 1.29 is 29.3 Å². The van der Waals surface area contributed by atoms with E-state index in [2.05, 4.69) is 5.32 Å². The van der Waals surface area contributed by atoms with E-state index in [1.165, 1.54) is 0 Å². The maximum absolute atomic E-state index is 11.6. The Morgan fingerprint density at radius 1 is 1.17 bits per heavy atom. The van der Waals surface area contributed by atoms with Gasteiger partial charge >= 0.3 is 5.97 Å². The molecule has 23 heavy (non-hydrogen) atoms. The fourth-order valence-electron chi connectivity index (χ4n) is 1.66. The van der Waals surface area contributed by atoms with Gasteiger partial charge < -0.3 is 25.0 Å². The van der Waals surface area contributed by atoms with Crippen LogP contribution in [0.2, 0.25) is 0 Å². The maximum atomic E-state index is 11.6. The van der Waals surface area contributed by atoms with Crippen molar-refractivity contribution in [2.24, 2.45) is 0 Å². The molecule has 0 saturated carbocycles. The van der Waals surface area contributed by atoms with E-state index in [0.717, 1.165) is 12.7 Å². The second-order valence-corrected chi connectivity index (χ2v) is 5.21. The van der Waals surface area contributed by atoms with Gasteiger partial charge in [0.2, 0.25) is 5.91 Å². The van der Waals surface area contributed by atoms with Crippen LogP contribution in [0.4, 0.5) is 0 Å². The van der Waals surface area contributed by atoms with E-state index in [0.29, 0.717) is 25.4 Å². The first kappa shape index (κ1) is 18.8. The molecular weight excluding hydrogens is 302 g/mol. The molecule has 0 aliphatic carbocycles. The van der Waals surface area contributed by atoms with Crippen molar-refractivity contribution in [3.05, 3.63) is 24.3 Å². The highest BCUT2D eigenvalue weighted by atomic mass is 16.5. The summed E-state index contributed by atoms with van der Waals surface area (Å²) in [5, 5.41) is 20.6. The Bertz CT molecular complexity index is 512. The van der Waals surface area contributed by atoms with Crippen LogP contribution in [0, 0.1) is 0 Å². The van der Waals surface area contributed by atoms with Crippen molar-refractivity contribution in [2.45, 2.75) is 32.3 Å². The lowest BCUT2D eigenvalue weighted by molar-refractivity contribution is -0.156. The molecule has 0 bridgehead atoms. The van der Waals surface area contributed by atoms with Crippen LogP contribution in [0.5, 0.6) is 11.5 Å². The van der Waals surface area contributed by atoms with E-state index >= 15 is 0 Å². The summed E-state index contributed by atoms with van der Waals surface area (Å²) in [7, 11) is 0. The molecule has 3 N–H and O–H groups in total. The first-order chi connectivity index (χ1) is 10.8. The number of aliphatic carboxylic acids is 1. The lowest BCUT2D eigenvalue weighted by atomic mass is 10.1. The van der Waals surface area contributed by atoms with E-state index in [1.54, 1.807) is 24.3 Å². The molecule has 0 aromatic heterocycles. The highest BCUT2D eigenvalue weighted by molar-refractivity contribution is 5.80. The summed E-state index contributed by atoms with van der Waals surface area (Å²) in [5.74, 6) is -0.258. The predicted molar refractivity (Wildman–Crippen MR) is 83.6 cm³/mol. The lowest BCUT2D eigenvalue weighted by Gasteiger charge is -2.18. The largest absolute Gasteiger partial charge is 0.494 e. The molecule has 0 aliphatic rings. The van der Waals surface area contributed by atoms with Gasteiger partial charge in [0.1, 0.15) is 11.5 Å². The van der Waals surface area contributed by atoms with E-state index in [-0.39, 0.29) is 18.9 Å². The summed E-state index contributed by atoms with van der Waals surface area (Å²) in [6, 6.07) is 7.18. The van der Waals surface area contributed by atoms with Gasteiger partial charge in [0.25, 0.3) is 0 Å². The fraction of sp³-hybridized carbons (Fsp3) is 0.500. The van der Waals surface area contributed by atoms with Gasteiger partial charge in [-0.3, -0.25) is 4.79 Å². The lowest BCUT2D eigenvalue weighted by Crippen LogP contribution is -2.46. The van der Waals surface area contributed by atoms with E-state index < -0.39 is 11.6 Å². The van der Waals surface area contributed by atoms with Gasteiger partial charge in [-0.1, -0.05) is 0 Å². The second kappa shape index (κ2) is 8.99. The minimum atomic E-state index is -1.96. The van der Waals surface area contributed by atoms with Crippen LogP contribution in [0.1, 0.15) is 26.7 Å². The Morgan fingerprint density at radius 2 is 1.74 bits per heavy atom. The number of carboxylic acid groups (broad SMARTS) is 1. The zero-order valence-electron chi connectivity index (χ0n) is 13.4. The fourth-order valence-corrected chi connectivity index (χ4v) is 1.66. The monoisotopic (exact) mass is 325 g/mol. The normalized spacial score (nSPS) is 13.0. The topological polar surface area (TPSA) is 105 Å². The number of carbonyl (C=O) groups is 2. The second-order valence-electron chi connectivity index (χ2n) is 5.21. The van der Waals surface area contributed by atoms with Crippen molar-refractivity contribution in [1.82, 2.24) is 5.32 Å². The Morgan fingerprint density at radius 3 is 2.26 bits per heavy atom. The molecule has 1 rings (SSSR count). The summed E-state index contributed by atoms with van der Waals surface area (Å²) in [6.45, 7) is 3.66. The Balaban J connectivity index is 2.21. The van der Waals surface area contributed by atoms with Crippen LogP contribution < -0.4 is 14.8 Å². The highest BCUT2D eigenvalue weighted by Gasteiger charge is 2.30. The minimum Gasteiger partial charge on any atom is -0.494 e. The summed E-state index contributed by atoms with van der Waals surface area (Å²) in [4.78, 5) is 22.2. The third kappa shape index (κ3) is 7.01. The van der Waals surface area contributed by atoms with Crippen molar-refractivity contribution in [3.63, 3.8) is 0 Å². The van der Waals surface area contributed by atoms with Gasteiger partial charge in [-0.25, -0.2) is 4.79 Å².